The molecule has 0 amide bonds. The zero-order valence-corrected chi connectivity index (χ0v) is 7.66. The second-order valence-electron chi connectivity index (χ2n) is 4.02. The summed E-state index contributed by atoms with van der Waals surface area (Å²) in [5, 5.41) is 18.6. The van der Waals surface area contributed by atoms with E-state index in [1.54, 1.807) is 0 Å². The highest BCUT2D eigenvalue weighted by molar-refractivity contribution is 5.00. The van der Waals surface area contributed by atoms with Gasteiger partial charge in [-0.3, -0.25) is 0 Å². The largest absolute Gasteiger partial charge is 0.396 e. The topological polar surface area (TPSA) is 40.5 Å². The first-order valence-corrected chi connectivity index (χ1v) is 4.55. The summed E-state index contributed by atoms with van der Waals surface area (Å²) in [6, 6.07) is 0. The van der Waals surface area contributed by atoms with Crippen LogP contribution in [0.3, 0.4) is 0 Å². The van der Waals surface area contributed by atoms with Gasteiger partial charge in [-0.15, -0.1) is 6.58 Å². The molecule has 0 spiro atoms. The Hall–Kier alpha value is -0.340. The Balaban J connectivity index is 2.70. The fourth-order valence-corrected chi connectivity index (χ4v) is 2.05. The summed E-state index contributed by atoms with van der Waals surface area (Å²) in [4.78, 5) is 0. The molecule has 3 unspecified atom stereocenters. The van der Waals surface area contributed by atoms with Crippen LogP contribution in [-0.2, 0) is 0 Å². The molecule has 0 aromatic carbocycles. The normalized spacial score (nSPS) is 42.6. The van der Waals surface area contributed by atoms with Crippen molar-refractivity contribution in [1.29, 1.82) is 0 Å². The van der Waals surface area contributed by atoms with Crippen LogP contribution in [0, 0.1) is 11.3 Å². The van der Waals surface area contributed by atoms with Gasteiger partial charge in [-0.1, -0.05) is 13.0 Å². The van der Waals surface area contributed by atoms with Gasteiger partial charge in [0.1, 0.15) is 0 Å². The molecule has 3 atom stereocenters. The van der Waals surface area contributed by atoms with Gasteiger partial charge in [0, 0.05) is 6.61 Å². The summed E-state index contributed by atoms with van der Waals surface area (Å²) < 4.78 is 0. The van der Waals surface area contributed by atoms with Crippen LogP contribution >= 0.6 is 0 Å². The summed E-state index contributed by atoms with van der Waals surface area (Å²) in [6.07, 6.45) is 4.11. The molecule has 0 heterocycles. The van der Waals surface area contributed by atoms with Crippen LogP contribution in [-0.4, -0.2) is 22.9 Å². The molecule has 12 heavy (non-hydrogen) atoms. The molecule has 0 saturated heterocycles. The van der Waals surface area contributed by atoms with Crippen molar-refractivity contribution in [3.8, 4) is 0 Å². The van der Waals surface area contributed by atoms with Crippen LogP contribution in [0.2, 0.25) is 0 Å². The van der Waals surface area contributed by atoms with E-state index in [0.717, 1.165) is 19.3 Å². The Morgan fingerprint density at radius 1 is 1.58 bits per heavy atom. The number of allylic oxidation sites excluding steroid dienone is 1. The van der Waals surface area contributed by atoms with Crippen molar-refractivity contribution in [3.63, 3.8) is 0 Å². The lowest BCUT2D eigenvalue weighted by atomic mass is 9.67. The lowest BCUT2D eigenvalue weighted by molar-refractivity contribution is 0.0154. The third-order valence-corrected chi connectivity index (χ3v) is 3.14. The Morgan fingerprint density at radius 3 is 2.75 bits per heavy atom. The van der Waals surface area contributed by atoms with Crippen LogP contribution in [0.25, 0.3) is 0 Å². The first-order chi connectivity index (χ1) is 5.62. The average molecular weight is 170 g/mol. The average Bonchev–Trinajstić information content (AvgIpc) is 2.05. The van der Waals surface area contributed by atoms with Gasteiger partial charge in [0.25, 0.3) is 0 Å². The van der Waals surface area contributed by atoms with Crippen molar-refractivity contribution in [3.05, 3.63) is 12.7 Å². The van der Waals surface area contributed by atoms with E-state index in [1.165, 1.54) is 0 Å². The number of hydrogen-bond donors (Lipinski definition) is 2. The molecular weight excluding hydrogens is 152 g/mol. The minimum Gasteiger partial charge on any atom is -0.396 e. The van der Waals surface area contributed by atoms with E-state index in [1.807, 2.05) is 6.08 Å². The molecule has 0 radical (unpaired) electrons. The number of aliphatic hydroxyl groups excluding tert-OH is 2. The summed E-state index contributed by atoms with van der Waals surface area (Å²) in [5.74, 6) is 0.276. The van der Waals surface area contributed by atoms with E-state index in [2.05, 4.69) is 13.5 Å². The van der Waals surface area contributed by atoms with Crippen LogP contribution in [0.15, 0.2) is 12.7 Å². The predicted molar refractivity (Wildman–Crippen MR) is 48.7 cm³/mol. The molecule has 0 aliphatic heterocycles. The second kappa shape index (κ2) is 3.58. The molecule has 0 bridgehead atoms. The van der Waals surface area contributed by atoms with Crippen LogP contribution in [0.1, 0.15) is 26.2 Å². The fourth-order valence-electron chi connectivity index (χ4n) is 2.05. The number of aliphatic hydroxyl groups is 2. The van der Waals surface area contributed by atoms with Gasteiger partial charge < -0.3 is 10.2 Å². The summed E-state index contributed by atoms with van der Waals surface area (Å²) >= 11 is 0. The highest BCUT2D eigenvalue weighted by Crippen LogP contribution is 2.41. The van der Waals surface area contributed by atoms with Gasteiger partial charge in [0.05, 0.1) is 6.10 Å². The summed E-state index contributed by atoms with van der Waals surface area (Å²) in [6.45, 7) is 6.03. The standard InChI is InChI=1S/C10H18O2/c1-3-10(2)6-9(12)5-4-8(10)7-11/h3,8-9,11-12H,1,4-7H2,2H3. The molecule has 1 aliphatic carbocycles. The zero-order valence-electron chi connectivity index (χ0n) is 7.66. The highest BCUT2D eigenvalue weighted by Gasteiger charge is 2.36. The molecule has 2 N–H and O–H groups in total. The van der Waals surface area contributed by atoms with Crippen molar-refractivity contribution in [2.75, 3.05) is 6.61 Å². The van der Waals surface area contributed by atoms with Crippen molar-refractivity contribution < 1.29 is 10.2 Å². The first-order valence-electron chi connectivity index (χ1n) is 4.55. The van der Waals surface area contributed by atoms with Crippen molar-refractivity contribution in [2.24, 2.45) is 11.3 Å². The lowest BCUT2D eigenvalue weighted by Crippen LogP contribution is -2.37. The molecule has 1 rings (SSSR count). The maximum Gasteiger partial charge on any atom is 0.0548 e. The van der Waals surface area contributed by atoms with Gasteiger partial charge >= 0.3 is 0 Å². The van der Waals surface area contributed by atoms with Gasteiger partial charge in [-0.25, -0.2) is 0 Å². The van der Waals surface area contributed by atoms with E-state index < -0.39 is 0 Å². The molecule has 1 fully saturated rings. The molecule has 0 aromatic heterocycles. The Labute approximate surface area is 73.9 Å². The molecule has 1 aliphatic rings. The quantitative estimate of drug-likeness (QED) is 0.614. The molecule has 70 valence electrons. The Morgan fingerprint density at radius 2 is 2.25 bits per heavy atom. The number of rotatable bonds is 2. The molecule has 1 saturated carbocycles. The third-order valence-electron chi connectivity index (χ3n) is 3.14. The minimum atomic E-state index is -0.212. The maximum absolute atomic E-state index is 9.46. The highest BCUT2D eigenvalue weighted by atomic mass is 16.3. The lowest BCUT2D eigenvalue weighted by Gasteiger charge is -2.40. The Kier molecular flexibility index (Phi) is 2.91. The van der Waals surface area contributed by atoms with Crippen LogP contribution in [0.5, 0.6) is 0 Å². The first kappa shape index (κ1) is 9.75. The zero-order chi connectivity index (χ0) is 9.19. The van der Waals surface area contributed by atoms with Gasteiger partial charge in [-0.2, -0.15) is 0 Å². The Bertz CT molecular complexity index is 167. The minimum absolute atomic E-state index is 0.0770. The molecule has 2 heteroatoms. The number of hydrogen-bond acceptors (Lipinski definition) is 2. The van der Waals surface area contributed by atoms with Crippen molar-refractivity contribution >= 4 is 0 Å². The van der Waals surface area contributed by atoms with E-state index in [4.69, 9.17) is 5.11 Å². The molecule has 2 nitrogen and oxygen atoms in total. The van der Waals surface area contributed by atoms with Crippen LogP contribution < -0.4 is 0 Å². The summed E-state index contributed by atoms with van der Waals surface area (Å²) in [5.41, 5.74) is -0.0770. The van der Waals surface area contributed by atoms with Crippen LogP contribution in [0.4, 0.5) is 0 Å². The monoisotopic (exact) mass is 170 g/mol. The molecular formula is C10H18O2. The SMILES string of the molecule is C=CC1(C)CC(O)CCC1CO. The maximum atomic E-state index is 9.46. The third kappa shape index (κ3) is 1.70. The van der Waals surface area contributed by atoms with Gasteiger partial charge in [0.2, 0.25) is 0 Å². The molecule has 0 aromatic rings. The second-order valence-corrected chi connectivity index (χ2v) is 4.02. The predicted octanol–water partition coefficient (Wildman–Crippen LogP) is 1.33. The van der Waals surface area contributed by atoms with E-state index >= 15 is 0 Å². The smallest absolute Gasteiger partial charge is 0.0548 e. The van der Waals surface area contributed by atoms with E-state index in [9.17, 15) is 5.11 Å². The summed E-state index contributed by atoms with van der Waals surface area (Å²) in [7, 11) is 0. The fraction of sp³-hybridized carbons (Fsp3) is 0.800. The van der Waals surface area contributed by atoms with Crippen molar-refractivity contribution in [2.45, 2.75) is 32.3 Å². The van der Waals surface area contributed by atoms with Crippen molar-refractivity contribution in [1.82, 2.24) is 0 Å². The van der Waals surface area contributed by atoms with E-state index in [-0.39, 0.29) is 24.0 Å². The van der Waals surface area contributed by atoms with Gasteiger partial charge in [-0.05, 0) is 30.6 Å². The van der Waals surface area contributed by atoms with Gasteiger partial charge in [0.15, 0.2) is 0 Å². The van der Waals surface area contributed by atoms with E-state index in [0.29, 0.717) is 0 Å².